The zero-order chi connectivity index (χ0) is 26.0. The molecule has 12 heteroatoms. The number of esters is 1. The summed E-state index contributed by atoms with van der Waals surface area (Å²) in [4.78, 5) is 63.5. The van der Waals surface area contributed by atoms with Gasteiger partial charge >= 0.3 is 5.97 Å². The van der Waals surface area contributed by atoms with Crippen molar-refractivity contribution < 1.29 is 28.7 Å². The average Bonchev–Trinajstić information content (AvgIpc) is 3.10. The molecule has 2 aromatic rings. The zero-order valence-corrected chi connectivity index (χ0v) is 21.7. The van der Waals surface area contributed by atoms with Crippen molar-refractivity contribution >= 4 is 74.4 Å². The van der Waals surface area contributed by atoms with Crippen LogP contribution in [0, 0.1) is 11.8 Å². The molecule has 1 heterocycles. The number of benzene rings is 2. The van der Waals surface area contributed by atoms with Gasteiger partial charge in [0.1, 0.15) is 0 Å². The molecule has 2 N–H and O–H groups in total. The van der Waals surface area contributed by atoms with Gasteiger partial charge in [0.2, 0.25) is 11.8 Å². The van der Waals surface area contributed by atoms with Crippen molar-refractivity contribution in [2.45, 2.75) is 23.6 Å². The van der Waals surface area contributed by atoms with Crippen LogP contribution in [0.1, 0.15) is 33.6 Å². The third kappa shape index (κ3) is 5.55. The van der Waals surface area contributed by atoms with E-state index >= 15 is 0 Å². The lowest BCUT2D eigenvalue weighted by molar-refractivity contribution is -0.125. The van der Waals surface area contributed by atoms with E-state index in [0.29, 0.717) is 18.4 Å². The predicted octanol–water partition coefficient (Wildman–Crippen LogP) is 3.18. The van der Waals surface area contributed by atoms with Gasteiger partial charge in [-0.1, -0.05) is 22.0 Å². The number of fused-ring (bicyclic) bond motifs is 1. The minimum absolute atomic E-state index is 0.0418. The van der Waals surface area contributed by atoms with Crippen LogP contribution in [-0.2, 0) is 19.1 Å². The van der Waals surface area contributed by atoms with Gasteiger partial charge in [0.25, 0.3) is 11.8 Å². The number of halogens is 3. The van der Waals surface area contributed by atoms with Crippen LogP contribution in [-0.4, -0.2) is 47.0 Å². The highest BCUT2D eigenvalue weighted by atomic mass is 79.9. The second-order valence-corrected chi connectivity index (χ2v) is 10.4. The second-order valence-electron chi connectivity index (χ2n) is 8.36. The average molecular weight is 597 g/mol. The molecule has 2 fully saturated rings. The van der Waals surface area contributed by atoms with Crippen molar-refractivity contribution in [2.75, 3.05) is 11.5 Å². The Balaban J connectivity index is 1.34. The summed E-state index contributed by atoms with van der Waals surface area (Å²) < 4.78 is 5.80. The Kier molecular flexibility index (Phi) is 7.97. The number of carbonyl (C=O) groups excluding carboxylic acids is 5. The molecule has 0 aromatic heterocycles. The van der Waals surface area contributed by atoms with Crippen LogP contribution in [0.25, 0.3) is 0 Å². The number of ether oxygens (including phenoxy) is 1. The molecule has 4 amide bonds. The van der Waals surface area contributed by atoms with Gasteiger partial charge in [0.15, 0.2) is 6.61 Å². The monoisotopic (exact) mass is 595 g/mol. The molecule has 1 saturated carbocycles. The number of imide groups is 1. The molecule has 2 aromatic carbocycles. The van der Waals surface area contributed by atoms with E-state index in [0.717, 1.165) is 9.37 Å². The standard InChI is InChI=1S/C24H20BrCl2N3O6/c25-14-6-4-12(5-7-14)21(32)29-28-20(31)11-36-24(35)13-2-1-3-15(8-13)30-22(33)16-9-18(26)19(27)10-17(16)23(30)34/h1-8,16-19H,9-11H2,(H,28,31)(H,29,32)/t16-,17+,18-,19-/m0/s1. The van der Waals surface area contributed by atoms with Crippen LogP contribution in [0.5, 0.6) is 0 Å². The van der Waals surface area contributed by atoms with Crippen LogP contribution < -0.4 is 15.8 Å². The first kappa shape index (κ1) is 26.1. The van der Waals surface area contributed by atoms with Crippen molar-refractivity contribution in [3.63, 3.8) is 0 Å². The summed E-state index contributed by atoms with van der Waals surface area (Å²) in [5, 5.41) is -0.812. The van der Waals surface area contributed by atoms with E-state index in [-0.39, 0.29) is 23.1 Å². The molecule has 0 bridgehead atoms. The number of hydrazine groups is 1. The Hall–Kier alpha value is -2.95. The maximum absolute atomic E-state index is 12.9. The lowest BCUT2D eigenvalue weighted by Crippen LogP contribution is -2.43. The minimum atomic E-state index is -0.843. The molecule has 9 nitrogen and oxygen atoms in total. The third-order valence-electron chi connectivity index (χ3n) is 6.01. The molecule has 1 aliphatic carbocycles. The summed E-state index contributed by atoms with van der Waals surface area (Å²) in [6, 6.07) is 12.3. The van der Waals surface area contributed by atoms with Gasteiger partial charge in [-0.3, -0.25) is 34.9 Å². The van der Waals surface area contributed by atoms with Crippen LogP contribution >= 0.6 is 39.1 Å². The number of nitrogens with one attached hydrogen (secondary N) is 2. The van der Waals surface area contributed by atoms with Crippen LogP contribution in [0.3, 0.4) is 0 Å². The summed E-state index contributed by atoms with van der Waals surface area (Å²) in [6.07, 6.45) is 0.604. The Morgan fingerprint density at radius 3 is 2.14 bits per heavy atom. The van der Waals surface area contributed by atoms with Crippen molar-refractivity contribution in [1.82, 2.24) is 10.9 Å². The van der Waals surface area contributed by atoms with E-state index in [2.05, 4.69) is 26.8 Å². The van der Waals surface area contributed by atoms with Gasteiger partial charge in [-0.2, -0.15) is 0 Å². The van der Waals surface area contributed by atoms with Crippen LogP contribution in [0.4, 0.5) is 5.69 Å². The van der Waals surface area contributed by atoms with Gasteiger partial charge in [-0.05, 0) is 55.3 Å². The summed E-state index contributed by atoms with van der Waals surface area (Å²) >= 11 is 15.7. The van der Waals surface area contributed by atoms with E-state index in [1.54, 1.807) is 24.3 Å². The Morgan fingerprint density at radius 2 is 1.53 bits per heavy atom. The van der Waals surface area contributed by atoms with Crippen LogP contribution in [0.15, 0.2) is 53.0 Å². The molecule has 0 radical (unpaired) electrons. The minimum Gasteiger partial charge on any atom is -0.452 e. The summed E-state index contributed by atoms with van der Waals surface area (Å²) in [7, 11) is 0. The normalized spacial score (nSPS) is 23.1. The summed E-state index contributed by atoms with van der Waals surface area (Å²) in [6.45, 7) is -0.663. The maximum Gasteiger partial charge on any atom is 0.338 e. The van der Waals surface area contributed by atoms with Crippen molar-refractivity contribution in [1.29, 1.82) is 0 Å². The number of nitrogens with zero attached hydrogens (tertiary/aromatic N) is 1. The van der Waals surface area contributed by atoms with E-state index in [1.165, 1.54) is 24.3 Å². The van der Waals surface area contributed by atoms with Crippen molar-refractivity contribution in [2.24, 2.45) is 11.8 Å². The first-order valence-corrected chi connectivity index (χ1v) is 12.6. The Morgan fingerprint density at radius 1 is 0.917 bits per heavy atom. The largest absolute Gasteiger partial charge is 0.452 e. The Labute approximate surface area is 224 Å². The SMILES string of the molecule is O=C(COC(=O)c1cccc(N2C(=O)[C@H]3C[C@H](Cl)[C@@H](Cl)C[C@H]3C2=O)c1)NNC(=O)c1ccc(Br)cc1. The molecular formula is C24H20BrCl2N3O6. The van der Waals surface area contributed by atoms with E-state index in [9.17, 15) is 24.0 Å². The van der Waals surface area contributed by atoms with E-state index in [4.69, 9.17) is 27.9 Å². The molecular weight excluding hydrogens is 577 g/mol. The molecule has 2 aliphatic rings. The van der Waals surface area contributed by atoms with Gasteiger partial charge in [0.05, 0.1) is 33.8 Å². The topological polar surface area (TPSA) is 122 Å². The van der Waals surface area contributed by atoms with E-state index in [1.807, 2.05) is 0 Å². The van der Waals surface area contributed by atoms with Gasteiger partial charge in [-0.25, -0.2) is 4.79 Å². The molecule has 188 valence electrons. The van der Waals surface area contributed by atoms with Crippen LogP contribution in [0.2, 0.25) is 0 Å². The summed E-state index contributed by atoms with van der Waals surface area (Å²) in [5.74, 6) is -4.02. The van der Waals surface area contributed by atoms with E-state index < -0.39 is 47.0 Å². The van der Waals surface area contributed by atoms with Crippen molar-refractivity contribution in [3.05, 3.63) is 64.1 Å². The molecule has 1 aliphatic heterocycles. The molecule has 1 saturated heterocycles. The highest BCUT2D eigenvalue weighted by Gasteiger charge is 2.52. The van der Waals surface area contributed by atoms with Crippen molar-refractivity contribution in [3.8, 4) is 0 Å². The third-order valence-corrected chi connectivity index (χ3v) is 7.63. The number of hydrogen-bond donors (Lipinski definition) is 2. The first-order chi connectivity index (χ1) is 17.2. The second kappa shape index (κ2) is 11.0. The fourth-order valence-corrected chi connectivity index (χ4v) is 5.03. The number of anilines is 1. The lowest BCUT2D eigenvalue weighted by Gasteiger charge is -2.28. The molecule has 4 rings (SSSR count). The highest BCUT2D eigenvalue weighted by molar-refractivity contribution is 9.10. The molecule has 4 atom stereocenters. The van der Waals surface area contributed by atoms with Gasteiger partial charge in [-0.15, -0.1) is 23.2 Å². The number of carbonyl (C=O) groups is 5. The van der Waals surface area contributed by atoms with Gasteiger partial charge in [0, 0.05) is 10.0 Å². The maximum atomic E-state index is 12.9. The quantitative estimate of drug-likeness (QED) is 0.237. The number of alkyl halides is 2. The fraction of sp³-hybridized carbons (Fsp3) is 0.292. The number of amides is 4. The predicted molar refractivity (Wildman–Crippen MR) is 134 cm³/mol. The zero-order valence-electron chi connectivity index (χ0n) is 18.6. The fourth-order valence-electron chi connectivity index (χ4n) is 4.17. The molecule has 36 heavy (non-hydrogen) atoms. The highest BCUT2D eigenvalue weighted by Crippen LogP contribution is 2.43. The molecule has 0 spiro atoms. The first-order valence-electron chi connectivity index (χ1n) is 10.9. The smallest absolute Gasteiger partial charge is 0.338 e. The van der Waals surface area contributed by atoms with Gasteiger partial charge < -0.3 is 4.74 Å². The number of rotatable bonds is 5. The number of hydrogen-bond acceptors (Lipinski definition) is 6. The molecule has 0 unspecified atom stereocenters. The Bertz CT molecular complexity index is 1200. The summed E-state index contributed by atoms with van der Waals surface area (Å²) in [5.41, 5.74) is 4.96. The lowest BCUT2D eigenvalue weighted by atomic mass is 9.80.